The van der Waals surface area contributed by atoms with Crippen molar-refractivity contribution in [2.24, 2.45) is 0 Å². The highest BCUT2D eigenvalue weighted by molar-refractivity contribution is 9.09. The number of halogens is 3. The summed E-state index contributed by atoms with van der Waals surface area (Å²) in [5.41, 5.74) is 0.374. The zero-order chi connectivity index (χ0) is 20.4. The third-order valence-corrected chi connectivity index (χ3v) is 6.14. The lowest BCUT2D eigenvalue weighted by Gasteiger charge is -2.20. The quantitative estimate of drug-likeness (QED) is 0.237. The van der Waals surface area contributed by atoms with Crippen LogP contribution in [0, 0.1) is 0 Å². The maximum atomic E-state index is 10.8. The molecule has 0 aliphatic rings. The molecule has 0 aliphatic carbocycles. The van der Waals surface area contributed by atoms with Crippen LogP contribution in [-0.4, -0.2) is 28.7 Å². The third-order valence-electron chi connectivity index (χ3n) is 3.37. The van der Waals surface area contributed by atoms with E-state index in [4.69, 9.17) is 36.6 Å². The smallest absolute Gasteiger partial charge is 0.242 e. The summed E-state index contributed by atoms with van der Waals surface area (Å²) in [7, 11) is -2.08. The molecule has 0 radical (unpaired) electrons. The number of rotatable bonds is 8. The van der Waals surface area contributed by atoms with Crippen molar-refractivity contribution in [3.8, 4) is 22.8 Å². The van der Waals surface area contributed by atoms with Crippen LogP contribution in [0.2, 0.25) is 29.7 Å². The normalized spacial score (nSPS) is 14.2. The van der Waals surface area contributed by atoms with E-state index in [0.29, 0.717) is 27.8 Å². The molecule has 11 heteroatoms. The molecule has 0 saturated carbocycles. The van der Waals surface area contributed by atoms with Crippen molar-refractivity contribution in [2.45, 2.75) is 30.9 Å². The Morgan fingerprint density at radius 3 is 2.44 bits per heavy atom. The van der Waals surface area contributed by atoms with Crippen molar-refractivity contribution < 1.29 is 22.7 Å². The second-order valence-corrected chi connectivity index (χ2v) is 13.8. The molecule has 2 atom stereocenters. The van der Waals surface area contributed by atoms with Gasteiger partial charge in [-0.3, -0.25) is 4.55 Å². The Balaban J connectivity index is 2.50. The summed E-state index contributed by atoms with van der Waals surface area (Å²) in [4.78, 5) is -0.374. The molecule has 2 rings (SSSR count). The van der Waals surface area contributed by atoms with Gasteiger partial charge in [0.15, 0.2) is 17.3 Å². The molecule has 0 amide bonds. The van der Waals surface area contributed by atoms with Crippen LogP contribution in [0.1, 0.15) is 17.0 Å². The molecule has 0 fully saturated rings. The Morgan fingerprint density at radius 1 is 1.33 bits per heavy atom. The van der Waals surface area contributed by atoms with Crippen molar-refractivity contribution in [1.82, 2.24) is 4.72 Å². The van der Waals surface area contributed by atoms with Crippen LogP contribution < -0.4 is 9.15 Å². The van der Waals surface area contributed by atoms with Gasteiger partial charge in [-0.2, -0.15) is 0 Å². The number of benzene rings is 1. The summed E-state index contributed by atoms with van der Waals surface area (Å²) in [5.74, 6) is 0.543. The summed E-state index contributed by atoms with van der Waals surface area (Å²) in [5, 5.41) is 11.5. The lowest BCUT2D eigenvalue weighted by molar-refractivity contribution is 0.438. The van der Waals surface area contributed by atoms with E-state index >= 15 is 0 Å². The van der Waals surface area contributed by atoms with E-state index in [2.05, 4.69) is 20.7 Å². The molecule has 0 bridgehead atoms. The van der Waals surface area contributed by atoms with Crippen molar-refractivity contribution >= 4 is 58.7 Å². The van der Waals surface area contributed by atoms with Crippen LogP contribution in [0.5, 0.6) is 11.5 Å². The lowest BCUT2D eigenvalue weighted by atomic mass is 10.1. The van der Waals surface area contributed by atoms with Crippen molar-refractivity contribution in [3.63, 3.8) is 0 Å². The van der Waals surface area contributed by atoms with Crippen molar-refractivity contribution in [3.05, 3.63) is 34.0 Å². The highest BCUT2D eigenvalue weighted by atomic mass is 79.9. The highest BCUT2D eigenvalue weighted by Crippen LogP contribution is 2.51. The van der Waals surface area contributed by atoms with Crippen LogP contribution in [-0.2, 0) is 11.3 Å². The molecule has 1 heterocycles. The molecule has 6 nitrogen and oxygen atoms in total. The van der Waals surface area contributed by atoms with Gasteiger partial charge in [-0.1, -0.05) is 45.2 Å². The van der Waals surface area contributed by atoms with Gasteiger partial charge in [0.05, 0.1) is 20.4 Å². The van der Waals surface area contributed by atoms with Gasteiger partial charge in [-0.15, -0.1) is 0 Å². The van der Waals surface area contributed by atoms with Crippen LogP contribution >= 0.6 is 39.1 Å². The minimum Gasteiger partial charge on any atom is -0.539 e. The van der Waals surface area contributed by atoms with Gasteiger partial charge in [0, 0.05) is 6.54 Å². The molecule has 27 heavy (non-hydrogen) atoms. The monoisotopic (exact) mass is 515 g/mol. The largest absolute Gasteiger partial charge is 0.539 e. The van der Waals surface area contributed by atoms with Crippen LogP contribution in [0.4, 0.5) is 0 Å². The lowest BCUT2D eigenvalue weighted by Crippen LogP contribution is -2.29. The summed E-state index contributed by atoms with van der Waals surface area (Å²) >= 11 is 13.9. The van der Waals surface area contributed by atoms with E-state index in [9.17, 15) is 9.32 Å². The first-order valence-corrected chi connectivity index (χ1v) is 14.2. The Morgan fingerprint density at radius 2 is 1.93 bits per heavy atom. The zero-order valence-corrected chi connectivity index (χ0v) is 19.8. The molecular weight excluding hydrogens is 497 g/mol. The van der Waals surface area contributed by atoms with E-state index in [0.717, 1.165) is 0 Å². The predicted octanol–water partition coefficient (Wildman–Crippen LogP) is 5.73. The summed E-state index contributed by atoms with van der Waals surface area (Å²) in [6, 6.07) is 4.99. The van der Waals surface area contributed by atoms with Crippen molar-refractivity contribution in [1.29, 1.82) is 0 Å². The van der Waals surface area contributed by atoms with E-state index in [1.165, 1.54) is 0 Å². The van der Waals surface area contributed by atoms with Gasteiger partial charge >= 0.3 is 0 Å². The molecule has 2 aromatic rings. The maximum Gasteiger partial charge on any atom is 0.242 e. The summed E-state index contributed by atoms with van der Waals surface area (Å²) < 4.78 is 34.0. The molecule has 1 aromatic heterocycles. The van der Waals surface area contributed by atoms with Gasteiger partial charge in [-0.05, 0) is 38.2 Å². The highest BCUT2D eigenvalue weighted by Gasteiger charge is 2.32. The Bertz CT molecular complexity index is 823. The number of hydrogen-bond donors (Lipinski definition) is 3. The van der Waals surface area contributed by atoms with Gasteiger partial charge in [-0.25, -0.2) is 8.93 Å². The van der Waals surface area contributed by atoms with Crippen molar-refractivity contribution in [2.75, 3.05) is 6.54 Å². The standard InChI is InChI=1S/C16H20BrCl2NO5SSi/c1-27(2,3)25-16-13(21)15(12-10(18)5-4-6-11(12)19)24-14(16)9(17)7-8-20-26(22)23/h4-6,9,20-21H,7-8H2,1-3H3,(H,22,23). The summed E-state index contributed by atoms with van der Waals surface area (Å²) in [6.45, 7) is 6.18. The molecular formula is C16H20BrCl2NO5SSi. The second-order valence-electron chi connectivity index (χ2n) is 6.68. The maximum absolute atomic E-state index is 10.8. The first kappa shape index (κ1) is 22.7. The van der Waals surface area contributed by atoms with Crippen LogP contribution in [0.3, 0.4) is 0 Å². The summed E-state index contributed by atoms with van der Waals surface area (Å²) in [6.07, 6.45) is 0.414. The van der Waals surface area contributed by atoms with E-state index in [1.54, 1.807) is 18.2 Å². The Hall–Kier alpha value is -0.553. The van der Waals surface area contributed by atoms with E-state index in [-0.39, 0.29) is 28.6 Å². The van der Waals surface area contributed by atoms with E-state index in [1.807, 2.05) is 19.6 Å². The average molecular weight is 517 g/mol. The molecule has 2 unspecified atom stereocenters. The number of hydrogen-bond acceptors (Lipinski definition) is 4. The number of aromatic hydroxyl groups is 1. The van der Waals surface area contributed by atoms with Crippen LogP contribution in [0.15, 0.2) is 22.6 Å². The fraction of sp³-hybridized carbons (Fsp3) is 0.375. The van der Waals surface area contributed by atoms with Gasteiger partial charge in [0.25, 0.3) is 0 Å². The number of nitrogens with one attached hydrogen (secondary N) is 1. The average Bonchev–Trinajstić information content (AvgIpc) is 2.82. The minimum atomic E-state index is -2.10. The minimum absolute atomic E-state index is 0.122. The fourth-order valence-electron chi connectivity index (χ4n) is 2.32. The van der Waals surface area contributed by atoms with Gasteiger partial charge in [0.1, 0.15) is 0 Å². The molecule has 0 aliphatic heterocycles. The van der Waals surface area contributed by atoms with Gasteiger partial charge < -0.3 is 13.9 Å². The fourth-order valence-corrected chi connectivity index (χ4v) is 4.53. The van der Waals surface area contributed by atoms with Gasteiger partial charge in [0.2, 0.25) is 25.3 Å². The second kappa shape index (κ2) is 9.30. The van der Waals surface area contributed by atoms with E-state index < -0.39 is 19.6 Å². The SMILES string of the molecule is C[Si](C)(C)Oc1c(C(Br)CCNS(=O)O)oc(-c2c(Cl)cccc2Cl)c1O. The number of alkyl halides is 1. The first-order chi connectivity index (χ1) is 12.5. The Labute approximate surface area is 179 Å². The Kier molecular flexibility index (Phi) is 7.83. The number of furan rings is 1. The molecule has 3 N–H and O–H groups in total. The zero-order valence-electron chi connectivity index (χ0n) is 14.9. The molecule has 0 spiro atoms. The van der Waals surface area contributed by atoms with Crippen LogP contribution in [0.25, 0.3) is 11.3 Å². The molecule has 0 saturated heterocycles. The third kappa shape index (κ3) is 5.96. The molecule has 150 valence electrons. The molecule has 1 aromatic carbocycles. The predicted molar refractivity (Wildman–Crippen MR) is 115 cm³/mol. The first-order valence-electron chi connectivity index (χ1n) is 7.98. The topological polar surface area (TPSA) is 91.9 Å².